The van der Waals surface area contributed by atoms with Crippen LogP contribution in [0.2, 0.25) is 0 Å². The predicted octanol–water partition coefficient (Wildman–Crippen LogP) is 14.6. The molecule has 0 radical (unpaired) electrons. The molecule has 0 saturated heterocycles. The van der Waals surface area contributed by atoms with Gasteiger partial charge in [-0.25, -0.2) is 0 Å². The predicted molar refractivity (Wildman–Crippen MR) is 261 cm³/mol. The maximum Gasteiger partial charge on any atom is 0.162 e. The summed E-state index contributed by atoms with van der Waals surface area (Å²) in [5.74, 6) is 2.32. The van der Waals surface area contributed by atoms with Gasteiger partial charge in [0.2, 0.25) is 0 Å². The Morgan fingerprint density at radius 1 is 0.578 bits per heavy atom. The van der Waals surface area contributed by atoms with E-state index >= 15 is 0 Å². The van der Waals surface area contributed by atoms with Crippen LogP contribution in [0.25, 0.3) is 27.8 Å². The van der Waals surface area contributed by atoms with Crippen LogP contribution in [0.15, 0.2) is 235 Å². The second-order valence-electron chi connectivity index (χ2n) is 18.0. The summed E-state index contributed by atoms with van der Waals surface area (Å²) >= 11 is 0. The standard InChI is InChI=1S/C61H47NO2/c1-3-18-40(19-4-1)41-34-36-42(37-35-41)44-22-10-15-31-55(44)62(43-20-5-2-6-21-43)56-32-16-11-26-48(56)49-27-17-33-57-60(49)64-59-39-54-50(38-58(59)63-57)47-25-9-14-30-53(47)61(54)51-28-12-7-23-45(51)46-24-8-13-29-52(46)61/h1-13,15-25,27-29,31-39,45,48,51,57,60H,14,26,30H2. The molecular formula is C61H47NO2. The van der Waals surface area contributed by atoms with Gasteiger partial charge in [-0.15, -0.1) is 0 Å². The van der Waals surface area contributed by atoms with Gasteiger partial charge in [0.1, 0.15) is 0 Å². The molecule has 6 unspecified atom stereocenters. The molecule has 6 aromatic carbocycles. The minimum Gasteiger partial charge on any atom is -0.478 e. The molecule has 1 aliphatic heterocycles. The van der Waals surface area contributed by atoms with Crippen LogP contribution in [0.1, 0.15) is 47.4 Å². The number of hydrogen-bond donors (Lipinski definition) is 0. The smallest absolute Gasteiger partial charge is 0.162 e. The third-order valence-electron chi connectivity index (χ3n) is 14.8. The topological polar surface area (TPSA) is 21.7 Å². The lowest BCUT2D eigenvalue weighted by Gasteiger charge is -2.42. The van der Waals surface area contributed by atoms with Crippen molar-refractivity contribution in [3.63, 3.8) is 0 Å². The summed E-state index contributed by atoms with van der Waals surface area (Å²) in [6, 6.07) is 53.1. The van der Waals surface area contributed by atoms with Crippen molar-refractivity contribution in [2.24, 2.45) is 11.8 Å². The molecular weight excluding hydrogens is 779 g/mol. The van der Waals surface area contributed by atoms with Crippen LogP contribution >= 0.6 is 0 Å². The normalized spacial score (nSPS) is 25.0. The zero-order valence-electron chi connectivity index (χ0n) is 35.6. The maximum absolute atomic E-state index is 7.40. The van der Waals surface area contributed by atoms with Crippen molar-refractivity contribution >= 4 is 16.9 Å². The van der Waals surface area contributed by atoms with E-state index in [1.807, 2.05) is 0 Å². The van der Waals surface area contributed by atoms with Crippen LogP contribution in [0.4, 0.5) is 11.4 Å². The summed E-state index contributed by atoms with van der Waals surface area (Å²) in [4.78, 5) is 2.47. The largest absolute Gasteiger partial charge is 0.478 e. The average molecular weight is 826 g/mol. The van der Waals surface area contributed by atoms with Crippen LogP contribution in [0, 0.1) is 11.8 Å². The van der Waals surface area contributed by atoms with Crippen LogP contribution in [0.5, 0.6) is 11.5 Å². The number of rotatable bonds is 6. The quantitative estimate of drug-likeness (QED) is 0.167. The van der Waals surface area contributed by atoms with E-state index < -0.39 is 0 Å². The Balaban J connectivity index is 0.894. The van der Waals surface area contributed by atoms with Gasteiger partial charge in [0.05, 0.1) is 11.1 Å². The zero-order valence-corrected chi connectivity index (χ0v) is 35.6. The Hall–Kier alpha value is -7.36. The molecule has 0 saturated carbocycles. The van der Waals surface area contributed by atoms with Gasteiger partial charge in [-0.1, -0.05) is 176 Å². The summed E-state index contributed by atoms with van der Waals surface area (Å²) < 4.78 is 14.5. The molecule has 0 N–H and O–H groups in total. The summed E-state index contributed by atoms with van der Waals surface area (Å²) in [6.45, 7) is 0. The minimum absolute atomic E-state index is 0.0304. The van der Waals surface area contributed by atoms with Crippen LogP contribution < -0.4 is 14.4 Å². The number of benzene rings is 6. The number of hydrogen-bond acceptors (Lipinski definition) is 3. The van der Waals surface area contributed by atoms with Crippen molar-refractivity contribution in [1.82, 2.24) is 0 Å². The monoisotopic (exact) mass is 825 g/mol. The number of para-hydroxylation sites is 2. The van der Waals surface area contributed by atoms with E-state index in [4.69, 9.17) is 9.47 Å². The molecule has 1 spiro atoms. The van der Waals surface area contributed by atoms with Gasteiger partial charge in [-0.2, -0.15) is 0 Å². The molecule has 0 aromatic heterocycles. The van der Waals surface area contributed by atoms with E-state index in [1.165, 1.54) is 61.4 Å². The second-order valence-corrected chi connectivity index (χ2v) is 18.0. The number of nitrogens with zero attached hydrogens (tertiary/aromatic N) is 1. The first-order valence-corrected chi connectivity index (χ1v) is 23.0. The highest BCUT2D eigenvalue weighted by molar-refractivity contribution is 5.92. The fourth-order valence-corrected chi connectivity index (χ4v) is 12.2. The number of allylic oxidation sites excluding steroid dienone is 14. The molecule has 0 amide bonds. The van der Waals surface area contributed by atoms with Gasteiger partial charge in [0.15, 0.2) is 23.7 Å². The first kappa shape index (κ1) is 37.2. The van der Waals surface area contributed by atoms with Gasteiger partial charge in [-0.05, 0) is 117 Å². The number of ether oxygens (including phenoxy) is 2. The van der Waals surface area contributed by atoms with Crippen LogP contribution in [-0.2, 0) is 5.41 Å². The molecule has 0 bridgehead atoms. The Morgan fingerprint density at radius 2 is 1.33 bits per heavy atom. The third-order valence-corrected chi connectivity index (χ3v) is 14.8. The Bertz CT molecular complexity index is 3110. The van der Waals surface area contributed by atoms with E-state index in [9.17, 15) is 0 Å². The number of fused-ring (bicyclic) bond motifs is 11. The lowest BCUT2D eigenvalue weighted by molar-refractivity contribution is 0.0630. The van der Waals surface area contributed by atoms with Gasteiger partial charge in [0.25, 0.3) is 0 Å². The van der Waals surface area contributed by atoms with Crippen molar-refractivity contribution < 1.29 is 9.47 Å². The van der Waals surface area contributed by atoms with Crippen molar-refractivity contribution in [3.8, 4) is 33.8 Å². The molecule has 7 aliphatic rings. The van der Waals surface area contributed by atoms with E-state index in [0.717, 1.165) is 42.1 Å². The maximum atomic E-state index is 7.40. The lowest BCUT2D eigenvalue weighted by Crippen LogP contribution is -2.44. The molecule has 3 heteroatoms. The Morgan fingerprint density at radius 3 is 2.22 bits per heavy atom. The fraction of sp³-hybridized carbons (Fsp3) is 0.148. The fourth-order valence-electron chi connectivity index (χ4n) is 12.2. The van der Waals surface area contributed by atoms with Crippen molar-refractivity contribution in [2.75, 3.05) is 4.90 Å². The summed E-state index contributed by atoms with van der Waals surface area (Å²) in [7, 11) is 0. The molecule has 6 aliphatic carbocycles. The summed E-state index contributed by atoms with van der Waals surface area (Å²) in [6.07, 6.45) is 30.0. The molecule has 64 heavy (non-hydrogen) atoms. The van der Waals surface area contributed by atoms with Crippen molar-refractivity contribution in [2.45, 2.75) is 42.8 Å². The van der Waals surface area contributed by atoms with Crippen LogP contribution in [0.3, 0.4) is 0 Å². The van der Waals surface area contributed by atoms with Gasteiger partial charge in [0, 0.05) is 34.7 Å². The second kappa shape index (κ2) is 14.9. The van der Waals surface area contributed by atoms with Gasteiger partial charge < -0.3 is 14.4 Å². The first-order valence-electron chi connectivity index (χ1n) is 23.0. The molecule has 13 rings (SSSR count). The summed E-state index contributed by atoms with van der Waals surface area (Å²) in [5.41, 5.74) is 17.6. The molecule has 1 heterocycles. The average Bonchev–Trinajstić information content (AvgIpc) is 3.83. The highest BCUT2D eigenvalue weighted by atomic mass is 16.6. The Kier molecular flexibility index (Phi) is 8.66. The van der Waals surface area contributed by atoms with Gasteiger partial charge in [-0.3, -0.25) is 0 Å². The Labute approximate surface area is 375 Å². The van der Waals surface area contributed by atoms with E-state index in [1.54, 1.807) is 5.57 Å². The third kappa shape index (κ3) is 5.59. The first-order chi connectivity index (χ1) is 31.8. The lowest BCUT2D eigenvalue weighted by atomic mass is 9.63. The summed E-state index contributed by atoms with van der Waals surface area (Å²) in [5, 5.41) is 0. The molecule has 0 fully saturated rings. The van der Waals surface area contributed by atoms with E-state index in [2.05, 4.69) is 223 Å². The highest BCUT2D eigenvalue weighted by Crippen LogP contribution is 2.67. The van der Waals surface area contributed by atoms with E-state index in [-0.39, 0.29) is 23.5 Å². The highest BCUT2D eigenvalue weighted by Gasteiger charge is 2.58. The van der Waals surface area contributed by atoms with Gasteiger partial charge >= 0.3 is 0 Å². The van der Waals surface area contributed by atoms with E-state index in [0.29, 0.717) is 11.8 Å². The zero-order chi connectivity index (χ0) is 42.2. The number of anilines is 2. The molecule has 308 valence electrons. The van der Waals surface area contributed by atoms with Crippen molar-refractivity contribution in [3.05, 3.63) is 258 Å². The minimum atomic E-state index is -0.296. The van der Waals surface area contributed by atoms with Crippen molar-refractivity contribution in [1.29, 1.82) is 0 Å². The molecule has 6 aromatic rings. The molecule has 3 nitrogen and oxygen atoms in total. The molecule has 6 atom stereocenters. The van der Waals surface area contributed by atoms with Crippen LogP contribution in [-0.4, -0.2) is 12.2 Å². The SMILES string of the molecule is C1=CCC(C2=CC=CC3Oc4cc5c(cc4OC23)C2(C3=C5C=CCC3)c3ccccc3C3C=CC=CC32)C(N(c2ccccc2)c2ccccc2-c2ccc(-c3ccccc3)cc2)=C1.